The van der Waals surface area contributed by atoms with Crippen LogP contribution in [0.4, 0.5) is 0 Å². The standard InChI is InChI=1S/C12H10NO/c1-2-4-11-10(3-1)5-7-13-9-14-8-6-12(11)13/h1-8H,9H2/q+1. The summed E-state index contributed by atoms with van der Waals surface area (Å²) in [7, 11) is 0. The quantitative estimate of drug-likeness (QED) is 0.571. The Bertz CT molecular complexity index is 517. The van der Waals surface area contributed by atoms with Gasteiger partial charge in [0.15, 0.2) is 6.20 Å². The highest BCUT2D eigenvalue weighted by molar-refractivity contribution is 5.87. The summed E-state index contributed by atoms with van der Waals surface area (Å²) in [5.41, 5.74) is 1.22. The molecule has 68 valence electrons. The number of nitrogens with zero attached hydrogens (tertiary/aromatic N) is 1. The van der Waals surface area contributed by atoms with Crippen molar-refractivity contribution in [1.29, 1.82) is 0 Å². The third kappa shape index (κ3) is 1.01. The molecule has 2 nitrogen and oxygen atoms in total. The van der Waals surface area contributed by atoms with Crippen molar-refractivity contribution >= 4 is 16.8 Å². The fraction of sp³-hybridized carbons (Fsp3) is 0.0833. The molecule has 2 heterocycles. The zero-order valence-corrected chi connectivity index (χ0v) is 7.68. The molecule has 1 aliphatic rings. The molecule has 0 bridgehead atoms. The first-order chi connectivity index (χ1) is 6.95. The van der Waals surface area contributed by atoms with Crippen molar-refractivity contribution in [2.45, 2.75) is 6.73 Å². The summed E-state index contributed by atoms with van der Waals surface area (Å²) in [6, 6.07) is 10.5. The third-order valence-electron chi connectivity index (χ3n) is 2.52. The Morgan fingerprint density at radius 2 is 2.07 bits per heavy atom. The number of fused-ring (bicyclic) bond motifs is 3. The topological polar surface area (TPSA) is 13.1 Å². The molecule has 2 heteroatoms. The van der Waals surface area contributed by atoms with Crippen LogP contribution >= 0.6 is 0 Å². The second-order valence-corrected chi connectivity index (χ2v) is 3.36. The molecule has 0 saturated carbocycles. The van der Waals surface area contributed by atoms with Crippen LogP contribution in [0.2, 0.25) is 0 Å². The van der Waals surface area contributed by atoms with E-state index in [2.05, 4.69) is 41.1 Å². The molecule has 0 aliphatic carbocycles. The van der Waals surface area contributed by atoms with Crippen LogP contribution in [-0.2, 0) is 11.5 Å². The van der Waals surface area contributed by atoms with Gasteiger partial charge in [0.2, 0.25) is 5.69 Å². The van der Waals surface area contributed by atoms with E-state index in [4.69, 9.17) is 4.74 Å². The van der Waals surface area contributed by atoms with E-state index in [0.717, 1.165) is 0 Å². The Hall–Kier alpha value is -1.83. The molecule has 1 aromatic carbocycles. The van der Waals surface area contributed by atoms with E-state index in [9.17, 15) is 0 Å². The first-order valence-corrected chi connectivity index (χ1v) is 4.64. The van der Waals surface area contributed by atoms with Gasteiger partial charge in [0.1, 0.15) is 0 Å². The first kappa shape index (κ1) is 7.56. The van der Waals surface area contributed by atoms with Gasteiger partial charge in [0, 0.05) is 12.1 Å². The lowest BCUT2D eigenvalue weighted by molar-refractivity contribution is -0.731. The Kier molecular flexibility index (Phi) is 1.53. The molecule has 0 unspecified atom stereocenters. The van der Waals surface area contributed by atoms with Crippen molar-refractivity contribution in [1.82, 2.24) is 0 Å². The maximum atomic E-state index is 5.23. The summed E-state index contributed by atoms with van der Waals surface area (Å²) in [5.74, 6) is 0. The Labute approximate surface area is 82.1 Å². The molecule has 1 aromatic heterocycles. The molecular weight excluding hydrogens is 174 g/mol. The molecule has 3 rings (SSSR count). The average Bonchev–Trinajstić information content (AvgIpc) is 2.29. The highest BCUT2D eigenvalue weighted by atomic mass is 16.5. The molecule has 0 spiro atoms. The summed E-state index contributed by atoms with van der Waals surface area (Å²) in [6.07, 6.45) is 5.81. The molecular formula is C12H10NO+. The lowest BCUT2D eigenvalue weighted by Crippen LogP contribution is -2.39. The molecule has 0 N–H and O–H groups in total. The molecule has 0 amide bonds. The summed E-state index contributed by atoms with van der Waals surface area (Å²) < 4.78 is 7.33. The van der Waals surface area contributed by atoms with Gasteiger partial charge in [0.25, 0.3) is 6.73 Å². The predicted molar refractivity (Wildman–Crippen MR) is 54.3 cm³/mol. The van der Waals surface area contributed by atoms with Crippen molar-refractivity contribution < 1.29 is 9.30 Å². The van der Waals surface area contributed by atoms with Crippen molar-refractivity contribution in [3.8, 4) is 0 Å². The van der Waals surface area contributed by atoms with Gasteiger partial charge in [-0.1, -0.05) is 18.2 Å². The van der Waals surface area contributed by atoms with Gasteiger partial charge in [-0.25, -0.2) is 0 Å². The highest BCUT2D eigenvalue weighted by Crippen LogP contribution is 2.17. The van der Waals surface area contributed by atoms with Crippen LogP contribution in [0.15, 0.2) is 42.8 Å². The molecule has 14 heavy (non-hydrogen) atoms. The Morgan fingerprint density at radius 3 is 3.07 bits per heavy atom. The summed E-state index contributed by atoms with van der Waals surface area (Å²) in [6.45, 7) is 0.608. The van der Waals surface area contributed by atoms with Gasteiger partial charge >= 0.3 is 0 Å². The first-order valence-electron chi connectivity index (χ1n) is 4.64. The number of rotatable bonds is 0. The van der Waals surface area contributed by atoms with E-state index in [1.54, 1.807) is 6.26 Å². The van der Waals surface area contributed by atoms with Gasteiger partial charge in [-0.15, -0.1) is 0 Å². The molecule has 0 saturated heterocycles. The second-order valence-electron chi connectivity index (χ2n) is 3.36. The second kappa shape index (κ2) is 2.84. The van der Waals surface area contributed by atoms with Crippen LogP contribution in [-0.4, -0.2) is 0 Å². The van der Waals surface area contributed by atoms with Gasteiger partial charge in [-0.2, -0.15) is 4.57 Å². The van der Waals surface area contributed by atoms with Crippen LogP contribution < -0.4 is 4.57 Å². The zero-order chi connectivity index (χ0) is 9.38. The largest absolute Gasteiger partial charge is 0.443 e. The lowest BCUT2D eigenvalue weighted by atomic mass is 10.1. The van der Waals surface area contributed by atoms with Crippen molar-refractivity contribution in [3.63, 3.8) is 0 Å². The lowest BCUT2D eigenvalue weighted by Gasteiger charge is -2.07. The smallest absolute Gasteiger partial charge is 0.291 e. The van der Waals surface area contributed by atoms with Crippen molar-refractivity contribution in [2.24, 2.45) is 0 Å². The van der Waals surface area contributed by atoms with Gasteiger partial charge in [0.05, 0.1) is 11.6 Å². The van der Waals surface area contributed by atoms with E-state index < -0.39 is 0 Å². The minimum atomic E-state index is 0.608. The predicted octanol–water partition coefficient (Wildman–Crippen LogP) is 2.09. The summed E-state index contributed by atoms with van der Waals surface area (Å²) in [5, 5.41) is 2.54. The number of hydrogen-bond donors (Lipinski definition) is 0. The monoisotopic (exact) mass is 184 g/mol. The van der Waals surface area contributed by atoms with Crippen LogP contribution in [0.5, 0.6) is 0 Å². The van der Waals surface area contributed by atoms with E-state index in [-0.39, 0.29) is 0 Å². The molecule has 0 atom stereocenters. The van der Waals surface area contributed by atoms with E-state index in [1.165, 1.54) is 16.5 Å². The minimum Gasteiger partial charge on any atom is -0.443 e. The van der Waals surface area contributed by atoms with Crippen molar-refractivity contribution in [3.05, 3.63) is 48.5 Å². The number of ether oxygens (including phenoxy) is 1. The zero-order valence-electron chi connectivity index (χ0n) is 7.68. The maximum absolute atomic E-state index is 5.23. The van der Waals surface area contributed by atoms with Crippen LogP contribution in [0.25, 0.3) is 16.8 Å². The minimum absolute atomic E-state index is 0.608. The summed E-state index contributed by atoms with van der Waals surface area (Å²) >= 11 is 0. The van der Waals surface area contributed by atoms with Crippen LogP contribution in [0.3, 0.4) is 0 Å². The normalized spacial score (nSPS) is 13.7. The number of pyridine rings is 1. The number of benzene rings is 1. The molecule has 1 aliphatic heterocycles. The van der Waals surface area contributed by atoms with E-state index >= 15 is 0 Å². The van der Waals surface area contributed by atoms with Gasteiger partial charge < -0.3 is 4.74 Å². The van der Waals surface area contributed by atoms with Gasteiger partial charge in [-0.3, -0.25) is 0 Å². The van der Waals surface area contributed by atoms with Crippen LogP contribution in [0, 0.1) is 0 Å². The van der Waals surface area contributed by atoms with Crippen LogP contribution in [0.1, 0.15) is 5.69 Å². The van der Waals surface area contributed by atoms with E-state index in [0.29, 0.717) is 6.73 Å². The fourth-order valence-electron chi connectivity index (χ4n) is 1.81. The highest BCUT2D eigenvalue weighted by Gasteiger charge is 2.14. The molecule has 0 radical (unpaired) electrons. The summed E-state index contributed by atoms with van der Waals surface area (Å²) in [4.78, 5) is 0. The number of aromatic nitrogens is 1. The average molecular weight is 184 g/mol. The number of hydrogen-bond acceptors (Lipinski definition) is 1. The SMILES string of the molecule is C1=Cc2c3ccccc3cc[n+]2CO1. The van der Waals surface area contributed by atoms with Gasteiger partial charge in [-0.05, 0) is 11.5 Å². The Morgan fingerprint density at radius 1 is 1.14 bits per heavy atom. The van der Waals surface area contributed by atoms with E-state index in [1.807, 2.05) is 6.08 Å². The third-order valence-corrected chi connectivity index (χ3v) is 2.52. The maximum Gasteiger partial charge on any atom is 0.291 e. The fourth-order valence-corrected chi connectivity index (χ4v) is 1.81. The molecule has 0 fully saturated rings. The molecule has 2 aromatic rings. The van der Waals surface area contributed by atoms with Crippen molar-refractivity contribution in [2.75, 3.05) is 0 Å². The Balaban J connectivity index is 2.42.